The maximum Gasteiger partial charge on any atom is 0.142 e. The zero-order valence-corrected chi connectivity index (χ0v) is 11.0. The Bertz CT molecular complexity index is 336. The maximum absolute atomic E-state index is 8.82. The van der Waals surface area contributed by atoms with Gasteiger partial charge in [-0.2, -0.15) is 4.37 Å². The fourth-order valence-corrected chi connectivity index (χ4v) is 2.18. The highest BCUT2D eigenvalue weighted by Gasteiger charge is 2.18. The average molecular weight is 243 g/mol. The van der Waals surface area contributed by atoms with E-state index in [4.69, 9.17) is 10.8 Å². The smallest absolute Gasteiger partial charge is 0.142 e. The number of anilines is 2. The molecule has 4 N–H and O–H groups in total. The Balaban J connectivity index is 2.47. The Morgan fingerprint density at radius 1 is 1.50 bits per heavy atom. The third-order valence-electron chi connectivity index (χ3n) is 2.70. The monoisotopic (exact) mass is 243 g/mol. The van der Waals surface area contributed by atoms with E-state index in [0.29, 0.717) is 5.82 Å². The van der Waals surface area contributed by atoms with Crippen molar-refractivity contribution in [3.05, 3.63) is 5.56 Å². The largest absolute Gasteiger partial charge is 0.396 e. The maximum atomic E-state index is 8.82. The Labute approximate surface area is 101 Å². The topological polar surface area (TPSA) is 71.2 Å². The Hall–Kier alpha value is -0.810. The molecule has 16 heavy (non-hydrogen) atoms. The summed E-state index contributed by atoms with van der Waals surface area (Å²) in [5.74, 6) is 0.612. The van der Waals surface area contributed by atoms with Gasteiger partial charge in [-0.3, -0.25) is 0 Å². The number of nitrogen functional groups attached to an aromatic ring is 1. The Kier molecular flexibility index (Phi) is 4.56. The molecule has 0 aliphatic carbocycles. The second-order valence-electron chi connectivity index (χ2n) is 4.87. The lowest BCUT2D eigenvalue weighted by Crippen LogP contribution is -2.23. The summed E-state index contributed by atoms with van der Waals surface area (Å²) < 4.78 is 4.10. The molecule has 5 heteroatoms. The molecule has 0 fully saturated rings. The Morgan fingerprint density at radius 2 is 2.19 bits per heavy atom. The minimum absolute atomic E-state index is 0.175. The molecule has 0 spiro atoms. The Morgan fingerprint density at radius 3 is 2.69 bits per heavy atom. The van der Waals surface area contributed by atoms with E-state index in [-0.39, 0.29) is 12.0 Å². The number of hydrogen-bond acceptors (Lipinski definition) is 5. The van der Waals surface area contributed by atoms with Crippen molar-refractivity contribution >= 4 is 22.4 Å². The zero-order chi connectivity index (χ0) is 12.2. The molecule has 1 aromatic rings. The highest BCUT2D eigenvalue weighted by atomic mass is 32.1. The van der Waals surface area contributed by atoms with Gasteiger partial charge in [0.25, 0.3) is 0 Å². The number of nitrogens with one attached hydrogen (secondary N) is 1. The van der Waals surface area contributed by atoms with E-state index in [2.05, 4.69) is 23.5 Å². The lowest BCUT2D eigenvalue weighted by atomic mass is 9.88. The van der Waals surface area contributed by atoms with E-state index in [1.165, 1.54) is 11.5 Å². The lowest BCUT2D eigenvalue weighted by Gasteiger charge is -2.24. The van der Waals surface area contributed by atoms with Gasteiger partial charge in [-0.25, -0.2) is 0 Å². The molecule has 0 radical (unpaired) electrons. The molecule has 1 rings (SSSR count). The van der Waals surface area contributed by atoms with E-state index in [0.717, 1.165) is 30.0 Å². The van der Waals surface area contributed by atoms with Crippen molar-refractivity contribution in [3.63, 3.8) is 0 Å². The molecule has 0 aliphatic rings. The van der Waals surface area contributed by atoms with Crippen molar-refractivity contribution < 1.29 is 5.11 Å². The van der Waals surface area contributed by atoms with Crippen LogP contribution in [-0.2, 0) is 0 Å². The van der Waals surface area contributed by atoms with Gasteiger partial charge in [0.1, 0.15) is 10.8 Å². The zero-order valence-electron chi connectivity index (χ0n) is 10.2. The van der Waals surface area contributed by atoms with Crippen LogP contribution in [0.3, 0.4) is 0 Å². The molecule has 0 atom stereocenters. The lowest BCUT2D eigenvalue weighted by molar-refractivity contribution is 0.248. The van der Waals surface area contributed by atoms with Gasteiger partial charge in [0.2, 0.25) is 0 Å². The molecular formula is C11H21N3OS. The van der Waals surface area contributed by atoms with Crippen LogP contribution < -0.4 is 11.1 Å². The first-order valence-electron chi connectivity index (χ1n) is 5.53. The van der Waals surface area contributed by atoms with Crippen molar-refractivity contribution in [1.82, 2.24) is 4.37 Å². The molecule has 0 aliphatic heterocycles. The quantitative estimate of drug-likeness (QED) is 0.716. The van der Waals surface area contributed by atoms with Crippen molar-refractivity contribution in [1.29, 1.82) is 0 Å². The van der Waals surface area contributed by atoms with E-state index in [1.54, 1.807) is 0 Å². The molecule has 0 amide bonds. The average Bonchev–Trinajstić information content (AvgIpc) is 2.55. The number of hydrogen-bond donors (Lipinski definition) is 3. The van der Waals surface area contributed by atoms with Crippen LogP contribution in [0.4, 0.5) is 10.8 Å². The molecule has 92 valence electrons. The number of aliphatic hydroxyl groups excluding tert-OH is 1. The summed E-state index contributed by atoms with van der Waals surface area (Å²) in [6.07, 6.45) is 1.85. The van der Waals surface area contributed by atoms with Crippen LogP contribution in [-0.4, -0.2) is 22.6 Å². The standard InChI is InChI=1S/C11H21N3OS/c1-8-9(12)14-16-10(8)13-7-11(2,3)5-4-6-15/h13,15H,4-7H2,1-3H3,(H2,12,14). The van der Waals surface area contributed by atoms with Gasteiger partial charge in [0.15, 0.2) is 0 Å². The number of rotatable bonds is 6. The molecule has 0 aromatic carbocycles. The molecule has 4 nitrogen and oxygen atoms in total. The highest BCUT2D eigenvalue weighted by molar-refractivity contribution is 7.10. The van der Waals surface area contributed by atoms with Gasteiger partial charge in [0, 0.05) is 18.7 Å². The summed E-state index contributed by atoms with van der Waals surface area (Å²) >= 11 is 1.41. The van der Waals surface area contributed by atoms with Crippen molar-refractivity contribution in [3.8, 4) is 0 Å². The van der Waals surface area contributed by atoms with Gasteiger partial charge < -0.3 is 16.2 Å². The molecule has 1 aromatic heterocycles. The summed E-state index contributed by atoms with van der Waals surface area (Å²) in [7, 11) is 0. The molecular weight excluding hydrogens is 222 g/mol. The van der Waals surface area contributed by atoms with Crippen LogP contribution >= 0.6 is 11.5 Å². The van der Waals surface area contributed by atoms with E-state index < -0.39 is 0 Å². The second kappa shape index (κ2) is 5.50. The summed E-state index contributed by atoms with van der Waals surface area (Å²) in [6.45, 7) is 7.48. The van der Waals surface area contributed by atoms with Gasteiger partial charge in [-0.05, 0) is 36.7 Å². The first-order valence-corrected chi connectivity index (χ1v) is 6.30. The normalized spacial score (nSPS) is 11.8. The van der Waals surface area contributed by atoms with Gasteiger partial charge >= 0.3 is 0 Å². The first kappa shape index (κ1) is 13.3. The summed E-state index contributed by atoms with van der Waals surface area (Å²) in [5, 5.41) is 13.2. The van der Waals surface area contributed by atoms with Crippen molar-refractivity contribution in [2.45, 2.75) is 33.6 Å². The number of nitrogens with two attached hydrogens (primary N) is 1. The van der Waals surface area contributed by atoms with E-state index >= 15 is 0 Å². The van der Waals surface area contributed by atoms with Gasteiger partial charge in [-0.15, -0.1) is 0 Å². The summed E-state index contributed by atoms with van der Waals surface area (Å²) in [5.41, 5.74) is 6.89. The number of aromatic nitrogens is 1. The number of nitrogens with zero attached hydrogens (tertiary/aromatic N) is 1. The van der Waals surface area contributed by atoms with Crippen LogP contribution in [0.25, 0.3) is 0 Å². The fraction of sp³-hybridized carbons (Fsp3) is 0.727. The molecule has 0 saturated carbocycles. The van der Waals surface area contributed by atoms with Crippen LogP contribution in [0.15, 0.2) is 0 Å². The van der Waals surface area contributed by atoms with Crippen LogP contribution in [0.2, 0.25) is 0 Å². The molecule has 1 heterocycles. The predicted molar refractivity (Wildman–Crippen MR) is 69.9 cm³/mol. The van der Waals surface area contributed by atoms with E-state index in [9.17, 15) is 0 Å². The third-order valence-corrected chi connectivity index (χ3v) is 3.62. The third kappa shape index (κ3) is 3.64. The SMILES string of the molecule is Cc1c(N)nsc1NCC(C)(C)CCCO. The van der Waals surface area contributed by atoms with E-state index in [1.807, 2.05) is 6.92 Å². The fourth-order valence-electron chi connectivity index (χ4n) is 1.48. The first-order chi connectivity index (χ1) is 7.46. The molecule has 0 saturated heterocycles. The minimum atomic E-state index is 0.175. The van der Waals surface area contributed by atoms with Crippen LogP contribution in [0.1, 0.15) is 32.3 Å². The minimum Gasteiger partial charge on any atom is -0.396 e. The summed E-state index contributed by atoms with van der Waals surface area (Å²) in [4.78, 5) is 0. The van der Waals surface area contributed by atoms with Gasteiger partial charge in [-0.1, -0.05) is 13.8 Å². The molecule has 0 unspecified atom stereocenters. The van der Waals surface area contributed by atoms with Crippen molar-refractivity contribution in [2.24, 2.45) is 5.41 Å². The molecule has 0 bridgehead atoms. The summed E-state index contributed by atoms with van der Waals surface area (Å²) in [6, 6.07) is 0. The van der Waals surface area contributed by atoms with Gasteiger partial charge in [0.05, 0.1) is 0 Å². The van der Waals surface area contributed by atoms with Crippen LogP contribution in [0, 0.1) is 12.3 Å². The highest BCUT2D eigenvalue weighted by Crippen LogP contribution is 2.28. The second-order valence-corrected chi connectivity index (χ2v) is 5.64. The predicted octanol–water partition coefficient (Wildman–Crippen LogP) is 2.24. The number of aliphatic hydroxyl groups is 1. The van der Waals surface area contributed by atoms with Crippen molar-refractivity contribution in [2.75, 3.05) is 24.2 Å². The van der Waals surface area contributed by atoms with Crippen LogP contribution in [0.5, 0.6) is 0 Å².